The van der Waals surface area contributed by atoms with Gasteiger partial charge in [-0.15, -0.1) is 5.10 Å². The average molecular weight is 516 g/mol. The number of ether oxygens (including phenoxy) is 1. The largest absolute Gasteiger partial charge is 0.497 e. The number of methoxy groups -OCH3 is 1. The van der Waals surface area contributed by atoms with Crippen molar-refractivity contribution in [3.8, 4) is 5.75 Å². The number of aryl methyl sites for hydroxylation is 4. The van der Waals surface area contributed by atoms with Crippen molar-refractivity contribution >= 4 is 39.9 Å². The zero-order valence-electron chi connectivity index (χ0n) is 21.3. The van der Waals surface area contributed by atoms with E-state index in [0.29, 0.717) is 36.1 Å². The lowest BCUT2D eigenvalue weighted by atomic mass is 10.2. The first kappa shape index (κ1) is 24.8. The van der Waals surface area contributed by atoms with Crippen LogP contribution in [-0.4, -0.2) is 47.6 Å². The first-order chi connectivity index (χ1) is 17.9. The predicted molar refractivity (Wildman–Crippen MR) is 145 cm³/mol. The van der Waals surface area contributed by atoms with Crippen LogP contribution in [0.2, 0.25) is 0 Å². The Labute approximate surface area is 219 Å². The molecule has 0 radical (unpaired) electrons. The highest BCUT2D eigenvalue weighted by molar-refractivity contribution is 8.00. The van der Waals surface area contributed by atoms with Crippen molar-refractivity contribution in [3.05, 3.63) is 71.8 Å². The molecule has 0 fully saturated rings. The van der Waals surface area contributed by atoms with Crippen LogP contribution in [0.3, 0.4) is 0 Å². The minimum absolute atomic E-state index is 0.0920. The number of nitrogens with one attached hydrogen (secondary N) is 1. The van der Waals surface area contributed by atoms with E-state index >= 15 is 0 Å². The number of hydrogen-bond acceptors (Lipinski definition) is 7. The van der Waals surface area contributed by atoms with E-state index in [0.717, 1.165) is 33.7 Å². The van der Waals surface area contributed by atoms with Crippen LogP contribution in [0.5, 0.6) is 5.75 Å². The summed E-state index contributed by atoms with van der Waals surface area (Å²) in [6.45, 7) is 6.71. The molecule has 10 heteroatoms. The Balaban J connectivity index is 1.43. The summed E-state index contributed by atoms with van der Waals surface area (Å²) >= 11 is 1.40. The molecule has 5 aromatic rings. The van der Waals surface area contributed by atoms with Gasteiger partial charge in [-0.05, 0) is 62.7 Å². The van der Waals surface area contributed by atoms with Crippen molar-refractivity contribution in [1.82, 2.24) is 29.4 Å². The van der Waals surface area contributed by atoms with Crippen molar-refractivity contribution in [2.45, 2.75) is 50.6 Å². The SMILES string of the molecule is CC[C@@H](Sc1nc2ccccc2c2nc(CCn3nc(C)cc3C)nn12)C(=O)Nc1ccc(OC)cc1. The van der Waals surface area contributed by atoms with Crippen LogP contribution in [-0.2, 0) is 17.8 Å². The number of hydrogen-bond donors (Lipinski definition) is 1. The number of rotatable bonds is 9. The lowest BCUT2D eigenvalue weighted by molar-refractivity contribution is -0.115. The molecule has 0 saturated carbocycles. The summed E-state index contributed by atoms with van der Waals surface area (Å²) in [6.07, 6.45) is 1.26. The Hall–Kier alpha value is -3.92. The first-order valence-corrected chi connectivity index (χ1v) is 13.1. The number of thioether (sulfide) groups is 1. The minimum atomic E-state index is -0.360. The summed E-state index contributed by atoms with van der Waals surface area (Å²) in [6, 6.07) is 17.2. The van der Waals surface area contributed by atoms with E-state index in [9.17, 15) is 4.79 Å². The molecule has 0 spiro atoms. The molecular formula is C27H29N7O2S. The second-order valence-electron chi connectivity index (χ2n) is 8.81. The summed E-state index contributed by atoms with van der Waals surface area (Å²) in [5.41, 5.74) is 4.38. The molecule has 3 aromatic heterocycles. The fourth-order valence-electron chi connectivity index (χ4n) is 4.21. The van der Waals surface area contributed by atoms with E-state index < -0.39 is 0 Å². The molecule has 0 aliphatic rings. The summed E-state index contributed by atoms with van der Waals surface area (Å²) in [5, 5.41) is 13.5. The van der Waals surface area contributed by atoms with Gasteiger partial charge in [-0.1, -0.05) is 30.8 Å². The van der Waals surface area contributed by atoms with E-state index in [2.05, 4.69) is 16.5 Å². The monoisotopic (exact) mass is 515 g/mol. The van der Waals surface area contributed by atoms with Gasteiger partial charge in [-0.2, -0.15) is 9.61 Å². The Kier molecular flexibility index (Phi) is 7.09. The van der Waals surface area contributed by atoms with Crippen molar-refractivity contribution < 1.29 is 9.53 Å². The summed E-state index contributed by atoms with van der Waals surface area (Å²) < 4.78 is 8.95. The zero-order valence-corrected chi connectivity index (χ0v) is 22.1. The molecule has 0 saturated heterocycles. The third-order valence-electron chi connectivity index (χ3n) is 6.11. The van der Waals surface area contributed by atoms with Crippen LogP contribution in [0.25, 0.3) is 16.6 Å². The number of aromatic nitrogens is 6. The van der Waals surface area contributed by atoms with E-state index in [-0.39, 0.29) is 11.2 Å². The molecule has 5 rings (SSSR count). The number of amides is 1. The number of carbonyl (C=O) groups is 1. The molecule has 1 amide bonds. The van der Waals surface area contributed by atoms with Crippen LogP contribution < -0.4 is 10.1 Å². The molecule has 190 valence electrons. The highest BCUT2D eigenvalue weighted by atomic mass is 32.2. The summed E-state index contributed by atoms with van der Waals surface area (Å²) in [5.74, 6) is 1.36. The number of nitrogens with zero attached hydrogens (tertiary/aromatic N) is 6. The van der Waals surface area contributed by atoms with Crippen LogP contribution in [0.4, 0.5) is 5.69 Å². The second kappa shape index (κ2) is 10.6. The van der Waals surface area contributed by atoms with Gasteiger partial charge in [0.15, 0.2) is 16.6 Å². The Morgan fingerprint density at radius 1 is 1.08 bits per heavy atom. The van der Waals surface area contributed by atoms with Crippen LogP contribution in [0.1, 0.15) is 30.6 Å². The molecule has 1 N–H and O–H groups in total. The summed E-state index contributed by atoms with van der Waals surface area (Å²) in [7, 11) is 1.61. The van der Waals surface area contributed by atoms with Gasteiger partial charge in [-0.3, -0.25) is 9.48 Å². The van der Waals surface area contributed by atoms with Crippen molar-refractivity contribution in [2.24, 2.45) is 0 Å². The van der Waals surface area contributed by atoms with Crippen molar-refractivity contribution in [1.29, 1.82) is 0 Å². The molecular weight excluding hydrogens is 486 g/mol. The maximum Gasteiger partial charge on any atom is 0.237 e. The molecule has 0 unspecified atom stereocenters. The topological polar surface area (TPSA) is 99.2 Å². The molecule has 0 aliphatic carbocycles. The lowest BCUT2D eigenvalue weighted by Gasteiger charge is -2.15. The lowest BCUT2D eigenvalue weighted by Crippen LogP contribution is -2.25. The fourth-order valence-corrected chi connectivity index (χ4v) is 5.17. The van der Waals surface area contributed by atoms with Gasteiger partial charge in [0.2, 0.25) is 5.91 Å². The molecule has 1 atom stereocenters. The van der Waals surface area contributed by atoms with E-state index in [1.54, 1.807) is 11.6 Å². The van der Waals surface area contributed by atoms with Gasteiger partial charge in [0, 0.05) is 29.7 Å². The van der Waals surface area contributed by atoms with Gasteiger partial charge in [0.1, 0.15) is 5.75 Å². The smallest absolute Gasteiger partial charge is 0.237 e. The van der Waals surface area contributed by atoms with Crippen LogP contribution >= 0.6 is 11.8 Å². The normalized spacial score (nSPS) is 12.2. The van der Waals surface area contributed by atoms with E-state index in [1.807, 2.05) is 74.0 Å². The maximum atomic E-state index is 13.2. The van der Waals surface area contributed by atoms with E-state index in [4.69, 9.17) is 19.8 Å². The fraction of sp³-hybridized carbons (Fsp3) is 0.296. The highest BCUT2D eigenvalue weighted by Gasteiger charge is 2.23. The quantitative estimate of drug-likeness (QED) is 0.221. The first-order valence-electron chi connectivity index (χ1n) is 12.2. The molecule has 37 heavy (non-hydrogen) atoms. The van der Waals surface area contributed by atoms with Gasteiger partial charge < -0.3 is 10.1 Å². The summed E-state index contributed by atoms with van der Waals surface area (Å²) in [4.78, 5) is 22.9. The van der Waals surface area contributed by atoms with Gasteiger partial charge >= 0.3 is 0 Å². The van der Waals surface area contributed by atoms with Crippen molar-refractivity contribution in [2.75, 3.05) is 12.4 Å². The minimum Gasteiger partial charge on any atom is -0.497 e. The Bertz CT molecular complexity index is 1560. The number of benzene rings is 2. The van der Waals surface area contributed by atoms with Crippen LogP contribution in [0.15, 0.2) is 59.8 Å². The van der Waals surface area contributed by atoms with Gasteiger partial charge in [-0.25, -0.2) is 9.97 Å². The van der Waals surface area contributed by atoms with Gasteiger partial charge in [0.25, 0.3) is 0 Å². The maximum absolute atomic E-state index is 13.2. The molecule has 2 aromatic carbocycles. The highest BCUT2D eigenvalue weighted by Crippen LogP contribution is 2.29. The standard InChI is InChI=1S/C27H29N7O2S/c1-5-23(26(35)28-19-10-12-20(36-4)13-11-19)37-27-29-22-9-7-6-8-21(22)25-30-24(32-34(25)27)14-15-33-18(3)16-17(2)31-33/h6-13,16,23H,5,14-15H2,1-4H3,(H,28,35)/t23-/m1/s1. The number of carbonyl (C=O) groups excluding carboxylic acids is 1. The third-order valence-corrected chi connectivity index (χ3v) is 7.42. The third kappa shape index (κ3) is 5.29. The average Bonchev–Trinajstić information content (AvgIpc) is 3.48. The zero-order chi connectivity index (χ0) is 25.9. The molecule has 3 heterocycles. The van der Waals surface area contributed by atoms with Crippen LogP contribution in [0, 0.1) is 13.8 Å². The molecule has 9 nitrogen and oxygen atoms in total. The van der Waals surface area contributed by atoms with Crippen molar-refractivity contribution in [3.63, 3.8) is 0 Å². The molecule has 0 aliphatic heterocycles. The second-order valence-corrected chi connectivity index (χ2v) is 9.98. The predicted octanol–water partition coefficient (Wildman–Crippen LogP) is 4.85. The van der Waals surface area contributed by atoms with E-state index in [1.165, 1.54) is 11.8 Å². The Morgan fingerprint density at radius 3 is 2.57 bits per heavy atom. The number of fused-ring (bicyclic) bond motifs is 3. The molecule has 0 bridgehead atoms. The Morgan fingerprint density at radius 2 is 1.86 bits per heavy atom. The van der Waals surface area contributed by atoms with Gasteiger partial charge in [0.05, 0.1) is 23.6 Å². The number of anilines is 1. The number of para-hydroxylation sites is 1.